The lowest BCUT2D eigenvalue weighted by Crippen LogP contribution is -2.32. The molecule has 2 aromatic rings. The number of ether oxygens (including phenoxy) is 1. The highest BCUT2D eigenvalue weighted by atomic mass is 32.2. The van der Waals surface area contributed by atoms with Crippen LogP contribution < -0.4 is 5.32 Å². The number of thioether (sulfide) groups is 1. The Balaban J connectivity index is 1.64. The molecule has 24 heavy (non-hydrogen) atoms. The first-order valence-electron chi connectivity index (χ1n) is 8.43. The summed E-state index contributed by atoms with van der Waals surface area (Å²) in [5, 5.41) is 5.05. The van der Waals surface area contributed by atoms with E-state index in [2.05, 4.69) is 37.4 Å². The number of hydrogen-bond donors (Lipinski definition) is 1. The molecule has 0 radical (unpaired) electrons. The van der Waals surface area contributed by atoms with E-state index in [1.165, 1.54) is 22.9 Å². The number of aryl methyl sites for hydroxylation is 3. The van der Waals surface area contributed by atoms with Gasteiger partial charge in [0.05, 0.1) is 17.4 Å². The van der Waals surface area contributed by atoms with Crippen molar-refractivity contribution in [3.05, 3.63) is 34.9 Å². The summed E-state index contributed by atoms with van der Waals surface area (Å²) >= 11 is 1.50. The van der Waals surface area contributed by atoms with Gasteiger partial charge in [-0.1, -0.05) is 23.9 Å². The molecule has 1 saturated heterocycles. The van der Waals surface area contributed by atoms with Crippen LogP contribution in [0.2, 0.25) is 0 Å². The van der Waals surface area contributed by atoms with Crippen molar-refractivity contribution in [2.75, 3.05) is 18.9 Å². The molecule has 5 heteroatoms. The van der Waals surface area contributed by atoms with Crippen molar-refractivity contribution in [3.8, 4) is 0 Å². The van der Waals surface area contributed by atoms with Gasteiger partial charge in [0, 0.05) is 18.5 Å². The van der Waals surface area contributed by atoms with Gasteiger partial charge in [0.1, 0.15) is 5.03 Å². The molecule has 1 aliphatic heterocycles. The molecule has 0 aliphatic carbocycles. The third kappa shape index (κ3) is 3.90. The third-order valence-electron chi connectivity index (χ3n) is 4.55. The predicted octanol–water partition coefficient (Wildman–Crippen LogP) is 3.55. The average molecular weight is 344 g/mol. The van der Waals surface area contributed by atoms with Crippen LogP contribution in [0.15, 0.2) is 23.2 Å². The molecule has 1 aliphatic rings. The van der Waals surface area contributed by atoms with Crippen molar-refractivity contribution < 1.29 is 9.53 Å². The molecule has 1 atom stereocenters. The Bertz CT molecular complexity index is 755. The van der Waals surface area contributed by atoms with E-state index in [4.69, 9.17) is 9.72 Å². The predicted molar refractivity (Wildman–Crippen MR) is 98.7 cm³/mol. The minimum Gasteiger partial charge on any atom is -0.376 e. The highest BCUT2D eigenvalue weighted by Crippen LogP contribution is 2.27. The van der Waals surface area contributed by atoms with Crippen molar-refractivity contribution in [1.82, 2.24) is 10.3 Å². The van der Waals surface area contributed by atoms with Crippen molar-refractivity contribution in [2.45, 2.75) is 44.7 Å². The minimum absolute atomic E-state index is 0.0396. The van der Waals surface area contributed by atoms with Crippen molar-refractivity contribution in [1.29, 1.82) is 0 Å². The summed E-state index contributed by atoms with van der Waals surface area (Å²) < 4.78 is 5.52. The van der Waals surface area contributed by atoms with Crippen LogP contribution in [0.4, 0.5) is 0 Å². The van der Waals surface area contributed by atoms with Crippen molar-refractivity contribution in [2.24, 2.45) is 0 Å². The van der Waals surface area contributed by atoms with E-state index < -0.39 is 0 Å². The summed E-state index contributed by atoms with van der Waals surface area (Å²) in [5.41, 5.74) is 4.59. The van der Waals surface area contributed by atoms with E-state index in [1.54, 1.807) is 0 Å². The first-order chi connectivity index (χ1) is 11.5. The molecule has 1 amide bonds. The standard InChI is InChI=1S/C19H24N2O2S/c1-12-6-7-15-9-13(2)19(21-18(15)14(12)3)24-11-17(22)20-10-16-5-4-8-23-16/h6-7,9,16H,4-5,8,10-11H2,1-3H3,(H,20,22)/t16-/m0/s1. The van der Waals surface area contributed by atoms with Crippen LogP contribution in [-0.2, 0) is 9.53 Å². The summed E-state index contributed by atoms with van der Waals surface area (Å²) in [7, 11) is 0. The zero-order valence-electron chi connectivity index (χ0n) is 14.5. The molecular formula is C19H24N2O2S. The maximum absolute atomic E-state index is 12.1. The van der Waals surface area contributed by atoms with E-state index in [9.17, 15) is 4.79 Å². The normalized spacial score (nSPS) is 17.4. The molecule has 0 unspecified atom stereocenters. The fourth-order valence-corrected chi connectivity index (χ4v) is 3.75. The molecule has 0 spiro atoms. The summed E-state index contributed by atoms with van der Waals surface area (Å²) in [6.07, 6.45) is 2.32. The molecule has 2 heterocycles. The number of pyridine rings is 1. The summed E-state index contributed by atoms with van der Waals surface area (Å²) in [6.45, 7) is 7.68. The summed E-state index contributed by atoms with van der Waals surface area (Å²) in [4.78, 5) is 16.9. The number of nitrogens with one attached hydrogen (secondary N) is 1. The van der Waals surface area contributed by atoms with E-state index in [0.717, 1.165) is 40.9 Å². The zero-order chi connectivity index (χ0) is 17.1. The van der Waals surface area contributed by atoms with E-state index >= 15 is 0 Å². The van der Waals surface area contributed by atoms with Crippen molar-refractivity contribution in [3.63, 3.8) is 0 Å². The lowest BCUT2D eigenvalue weighted by atomic mass is 10.0. The number of carbonyl (C=O) groups excluding carboxylic acids is 1. The third-order valence-corrected chi connectivity index (χ3v) is 5.64. The van der Waals surface area contributed by atoms with Gasteiger partial charge in [-0.2, -0.15) is 0 Å². The highest BCUT2D eigenvalue weighted by Gasteiger charge is 2.16. The van der Waals surface area contributed by atoms with Crippen LogP contribution in [0, 0.1) is 20.8 Å². The van der Waals surface area contributed by atoms with Gasteiger partial charge in [0.2, 0.25) is 5.91 Å². The Morgan fingerprint density at radius 1 is 1.33 bits per heavy atom. The number of amides is 1. The molecule has 1 N–H and O–H groups in total. The Labute approximate surface area is 147 Å². The number of aromatic nitrogens is 1. The molecule has 1 aromatic heterocycles. The Hall–Kier alpha value is -1.59. The van der Waals surface area contributed by atoms with Crippen LogP contribution in [0.25, 0.3) is 10.9 Å². The number of carbonyl (C=O) groups is 1. The molecule has 4 nitrogen and oxygen atoms in total. The maximum atomic E-state index is 12.1. The monoisotopic (exact) mass is 344 g/mol. The number of hydrogen-bond acceptors (Lipinski definition) is 4. The lowest BCUT2D eigenvalue weighted by molar-refractivity contribution is -0.119. The number of rotatable bonds is 5. The van der Waals surface area contributed by atoms with Gasteiger partial charge >= 0.3 is 0 Å². The maximum Gasteiger partial charge on any atom is 0.230 e. The van der Waals surface area contributed by atoms with Gasteiger partial charge < -0.3 is 10.1 Å². The summed E-state index contributed by atoms with van der Waals surface area (Å²) in [6, 6.07) is 6.39. The van der Waals surface area contributed by atoms with Crippen LogP contribution in [0.3, 0.4) is 0 Å². The Morgan fingerprint density at radius 3 is 2.92 bits per heavy atom. The molecular weight excluding hydrogens is 320 g/mol. The SMILES string of the molecule is Cc1cc2ccc(C)c(C)c2nc1SCC(=O)NC[C@@H]1CCCO1. The molecule has 1 fully saturated rings. The second-order valence-corrected chi connectivity index (χ2v) is 7.38. The smallest absolute Gasteiger partial charge is 0.230 e. The Kier molecular flexibility index (Phi) is 5.41. The van der Waals surface area contributed by atoms with Crippen molar-refractivity contribution >= 4 is 28.6 Å². The largest absolute Gasteiger partial charge is 0.376 e. The fourth-order valence-electron chi connectivity index (χ4n) is 2.94. The number of benzene rings is 1. The second-order valence-electron chi connectivity index (χ2n) is 6.42. The molecule has 0 saturated carbocycles. The second kappa shape index (κ2) is 7.53. The van der Waals surface area contributed by atoms with Gasteiger partial charge in [0.25, 0.3) is 0 Å². The van der Waals surface area contributed by atoms with E-state index in [1.807, 2.05) is 6.92 Å². The first kappa shape index (κ1) is 17.2. The zero-order valence-corrected chi connectivity index (χ0v) is 15.3. The number of fused-ring (bicyclic) bond motifs is 1. The van der Waals surface area contributed by atoms with Gasteiger partial charge in [-0.3, -0.25) is 4.79 Å². The van der Waals surface area contributed by atoms with E-state index in [-0.39, 0.29) is 12.0 Å². The van der Waals surface area contributed by atoms with Crippen LogP contribution >= 0.6 is 11.8 Å². The van der Waals surface area contributed by atoms with Crippen LogP contribution in [0.5, 0.6) is 0 Å². The molecule has 128 valence electrons. The van der Waals surface area contributed by atoms with Gasteiger partial charge in [-0.05, 0) is 56.4 Å². The highest BCUT2D eigenvalue weighted by molar-refractivity contribution is 7.99. The van der Waals surface area contributed by atoms with Gasteiger partial charge in [-0.25, -0.2) is 4.98 Å². The molecule has 1 aromatic carbocycles. The lowest BCUT2D eigenvalue weighted by Gasteiger charge is -2.12. The fraction of sp³-hybridized carbons (Fsp3) is 0.474. The summed E-state index contributed by atoms with van der Waals surface area (Å²) in [5.74, 6) is 0.425. The quantitative estimate of drug-likeness (QED) is 0.843. The molecule has 0 bridgehead atoms. The Morgan fingerprint density at radius 2 is 2.17 bits per heavy atom. The van der Waals surface area contributed by atoms with Crippen LogP contribution in [0.1, 0.15) is 29.5 Å². The topological polar surface area (TPSA) is 51.2 Å². The van der Waals surface area contributed by atoms with Gasteiger partial charge in [-0.15, -0.1) is 0 Å². The molecule has 3 rings (SSSR count). The van der Waals surface area contributed by atoms with E-state index in [0.29, 0.717) is 12.3 Å². The average Bonchev–Trinajstić information content (AvgIpc) is 3.08. The minimum atomic E-state index is 0.0396. The first-order valence-corrected chi connectivity index (χ1v) is 9.42. The number of nitrogens with zero attached hydrogens (tertiary/aromatic N) is 1. The van der Waals surface area contributed by atoms with Gasteiger partial charge in [0.15, 0.2) is 0 Å². The van der Waals surface area contributed by atoms with Crippen LogP contribution in [-0.4, -0.2) is 35.9 Å².